The Bertz CT molecular complexity index is 729. The van der Waals surface area contributed by atoms with Gasteiger partial charge >= 0.3 is 0 Å². The molecule has 0 bridgehead atoms. The quantitative estimate of drug-likeness (QED) is 0.580. The molecular formula is C16H17IN2. The third kappa shape index (κ3) is 2.52. The summed E-state index contributed by atoms with van der Waals surface area (Å²) in [5.74, 6) is 0. The van der Waals surface area contributed by atoms with Crippen LogP contribution in [0, 0.1) is 20.8 Å². The van der Waals surface area contributed by atoms with Crippen molar-refractivity contribution in [3.05, 3.63) is 59.4 Å². The van der Waals surface area contributed by atoms with Gasteiger partial charge in [0.15, 0.2) is 0 Å². The first-order valence-electron chi connectivity index (χ1n) is 6.17. The molecule has 19 heavy (non-hydrogen) atoms. The first-order chi connectivity index (χ1) is 8.65. The second kappa shape index (κ2) is 5.33. The predicted molar refractivity (Wildman–Crippen MR) is 90.3 cm³/mol. The molecule has 0 N–H and O–H groups in total. The molecule has 2 heterocycles. The molecule has 2 nitrogen and oxygen atoms in total. The number of fused-ring (bicyclic) bond motifs is 1. The highest BCUT2D eigenvalue weighted by atomic mass is 127. The molecule has 0 fully saturated rings. The maximum atomic E-state index is 4.71. The van der Waals surface area contributed by atoms with E-state index in [-0.39, 0.29) is 24.0 Å². The molecule has 0 spiro atoms. The van der Waals surface area contributed by atoms with E-state index in [4.69, 9.17) is 4.98 Å². The van der Waals surface area contributed by atoms with Crippen LogP contribution in [0.1, 0.15) is 16.8 Å². The zero-order chi connectivity index (χ0) is 12.7. The van der Waals surface area contributed by atoms with E-state index in [1.54, 1.807) is 0 Å². The van der Waals surface area contributed by atoms with Crippen molar-refractivity contribution in [3.8, 4) is 11.3 Å². The molecular weight excluding hydrogens is 347 g/mol. The number of imidazole rings is 1. The van der Waals surface area contributed by atoms with Gasteiger partial charge in [0.25, 0.3) is 0 Å². The average Bonchev–Trinajstić information content (AvgIpc) is 2.77. The van der Waals surface area contributed by atoms with Crippen LogP contribution in [0.5, 0.6) is 0 Å². The van der Waals surface area contributed by atoms with Crippen LogP contribution in [-0.4, -0.2) is 9.38 Å². The van der Waals surface area contributed by atoms with Crippen LogP contribution in [0.15, 0.2) is 42.6 Å². The molecule has 0 saturated carbocycles. The van der Waals surface area contributed by atoms with Gasteiger partial charge < -0.3 is 4.40 Å². The molecule has 1 aromatic carbocycles. The third-order valence-electron chi connectivity index (χ3n) is 3.36. The number of nitrogens with zero attached hydrogens (tertiary/aromatic N) is 2. The van der Waals surface area contributed by atoms with E-state index in [9.17, 15) is 0 Å². The van der Waals surface area contributed by atoms with Crippen LogP contribution in [0.3, 0.4) is 0 Å². The van der Waals surface area contributed by atoms with Gasteiger partial charge in [-0.05, 0) is 44.5 Å². The number of aryl methyl sites for hydroxylation is 3. The van der Waals surface area contributed by atoms with Crippen molar-refractivity contribution in [1.29, 1.82) is 0 Å². The van der Waals surface area contributed by atoms with Gasteiger partial charge in [-0.25, -0.2) is 4.98 Å². The van der Waals surface area contributed by atoms with Gasteiger partial charge in [0, 0.05) is 17.5 Å². The predicted octanol–water partition coefficient (Wildman–Crippen LogP) is 4.54. The maximum Gasteiger partial charge on any atom is 0.137 e. The minimum absolute atomic E-state index is 0. The van der Waals surface area contributed by atoms with Crippen molar-refractivity contribution in [3.63, 3.8) is 0 Å². The largest absolute Gasteiger partial charge is 0.304 e. The highest BCUT2D eigenvalue weighted by Crippen LogP contribution is 2.24. The summed E-state index contributed by atoms with van der Waals surface area (Å²) in [7, 11) is 0. The number of halogens is 1. The molecule has 0 aliphatic carbocycles. The zero-order valence-corrected chi connectivity index (χ0v) is 13.7. The number of benzene rings is 1. The molecule has 3 aromatic rings. The van der Waals surface area contributed by atoms with E-state index in [0.717, 1.165) is 11.3 Å². The minimum Gasteiger partial charge on any atom is -0.304 e. The Balaban J connectivity index is 0.00000133. The Labute approximate surface area is 130 Å². The van der Waals surface area contributed by atoms with Crippen LogP contribution in [-0.2, 0) is 0 Å². The first kappa shape index (κ1) is 14.1. The molecule has 0 aliphatic heterocycles. The van der Waals surface area contributed by atoms with Crippen molar-refractivity contribution in [2.45, 2.75) is 20.8 Å². The third-order valence-corrected chi connectivity index (χ3v) is 3.36. The lowest BCUT2D eigenvalue weighted by Crippen LogP contribution is -1.86. The molecule has 0 amide bonds. The van der Waals surface area contributed by atoms with Crippen molar-refractivity contribution < 1.29 is 0 Å². The summed E-state index contributed by atoms with van der Waals surface area (Å²) < 4.78 is 2.14. The fourth-order valence-corrected chi connectivity index (χ4v) is 2.29. The summed E-state index contributed by atoms with van der Waals surface area (Å²) >= 11 is 0. The number of rotatable bonds is 1. The molecule has 3 rings (SSSR count). The molecule has 0 saturated heterocycles. The second-order valence-electron chi connectivity index (χ2n) is 4.84. The van der Waals surface area contributed by atoms with Crippen LogP contribution in [0.2, 0.25) is 0 Å². The number of aromatic nitrogens is 2. The van der Waals surface area contributed by atoms with Crippen molar-refractivity contribution in [2.24, 2.45) is 0 Å². The van der Waals surface area contributed by atoms with Crippen LogP contribution in [0.25, 0.3) is 16.9 Å². The second-order valence-corrected chi connectivity index (χ2v) is 4.84. The summed E-state index contributed by atoms with van der Waals surface area (Å²) in [6.45, 7) is 6.34. The van der Waals surface area contributed by atoms with Crippen LogP contribution in [0.4, 0.5) is 0 Å². The molecule has 0 aliphatic rings. The van der Waals surface area contributed by atoms with Gasteiger partial charge in [-0.1, -0.05) is 23.8 Å². The Kier molecular flexibility index (Phi) is 3.94. The van der Waals surface area contributed by atoms with E-state index in [1.165, 1.54) is 22.4 Å². The highest BCUT2D eigenvalue weighted by molar-refractivity contribution is 14.0. The smallest absolute Gasteiger partial charge is 0.137 e. The Morgan fingerprint density at radius 3 is 2.53 bits per heavy atom. The van der Waals surface area contributed by atoms with Crippen molar-refractivity contribution in [2.75, 3.05) is 0 Å². The van der Waals surface area contributed by atoms with Crippen LogP contribution < -0.4 is 0 Å². The normalized spacial score (nSPS) is 10.5. The van der Waals surface area contributed by atoms with E-state index >= 15 is 0 Å². The van der Waals surface area contributed by atoms with Gasteiger partial charge in [-0.2, -0.15) is 0 Å². The topological polar surface area (TPSA) is 17.3 Å². The van der Waals surface area contributed by atoms with Gasteiger partial charge in [-0.3, -0.25) is 0 Å². The first-order valence-corrected chi connectivity index (χ1v) is 6.17. The SMILES string of the molecule is Cc1ccc(C)c(-c2cn3c(C)cccc3n2)c1.I. The van der Waals surface area contributed by atoms with Gasteiger partial charge in [0.05, 0.1) is 5.69 Å². The summed E-state index contributed by atoms with van der Waals surface area (Å²) in [5.41, 5.74) is 7.01. The molecule has 0 radical (unpaired) electrons. The van der Waals surface area contributed by atoms with Gasteiger partial charge in [0.1, 0.15) is 5.65 Å². The zero-order valence-electron chi connectivity index (χ0n) is 11.3. The number of hydrogen-bond donors (Lipinski definition) is 0. The summed E-state index contributed by atoms with van der Waals surface area (Å²) in [4.78, 5) is 4.71. The Morgan fingerprint density at radius 1 is 1.00 bits per heavy atom. The lowest BCUT2D eigenvalue weighted by molar-refractivity contribution is 1.09. The molecule has 2 aromatic heterocycles. The fraction of sp³-hybridized carbons (Fsp3) is 0.188. The van der Waals surface area contributed by atoms with E-state index in [2.05, 4.69) is 55.6 Å². The maximum absolute atomic E-state index is 4.71. The summed E-state index contributed by atoms with van der Waals surface area (Å²) in [6, 6.07) is 12.7. The minimum atomic E-state index is 0. The van der Waals surface area contributed by atoms with E-state index in [1.807, 2.05) is 12.1 Å². The fourth-order valence-electron chi connectivity index (χ4n) is 2.29. The lowest BCUT2D eigenvalue weighted by Gasteiger charge is -2.03. The average molecular weight is 364 g/mol. The number of hydrogen-bond acceptors (Lipinski definition) is 1. The standard InChI is InChI=1S/C16H16N2.HI/c1-11-7-8-12(2)14(9-11)15-10-18-13(3)5-4-6-16(18)17-15;/h4-10H,1-3H3;1H. The molecule has 0 unspecified atom stereocenters. The summed E-state index contributed by atoms with van der Waals surface area (Å²) in [5, 5.41) is 0. The van der Waals surface area contributed by atoms with Gasteiger partial charge in [0.2, 0.25) is 0 Å². The van der Waals surface area contributed by atoms with Crippen molar-refractivity contribution >= 4 is 29.6 Å². The Morgan fingerprint density at radius 2 is 1.79 bits per heavy atom. The molecule has 0 atom stereocenters. The summed E-state index contributed by atoms with van der Waals surface area (Å²) in [6.07, 6.45) is 2.12. The highest BCUT2D eigenvalue weighted by Gasteiger charge is 2.08. The molecule has 3 heteroatoms. The van der Waals surface area contributed by atoms with Gasteiger partial charge in [-0.15, -0.1) is 24.0 Å². The Hall–Kier alpha value is -1.36. The lowest BCUT2D eigenvalue weighted by atomic mass is 10.0. The van der Waals surface area contributed by atoms with E-state index in [0.29, 0.717) is 0 Å². The van der Waals surface area contributed by atoms with E-state index < -0.39 is 0 Å². The van der Waals surface area contributed by atoms with Crippen molar-refractivity contribution in [1.82, 2.24) is 9.38 Å². The number of pyridine rings is 1. The van der Waals surface area contributed by atoms with Crippen LogP contribution >= 0.6 is 24.0 Å². The molecule has 98 valence electrons. The monoisotopic (exact) mass is 364 g/mol.